The van der Waals surface area contributed by atoms with Gasteiger partial charge in [0.05, 0.1) is 12.3 Å². The van der Waals surface area contributed by atoms with Crippen molar-refractivity contribution in [2.45, 2.75) is 0 Å². The second-order valence-corrected chi connectivity index (χ2v) is 6.03. The molecular formula is C17H20N2O. The molecule has 4 rings (SSSR count). The minimum absolute atomic E-state index is 0.807. The van der Waals surface area contributed by atoms with Gasteiger partial charge < -0.3 is 9.64 Å². The first kappa shape index (κ1) is 12.2. The number of anilines is 1. The zero-order valence-electron chi connectivity index (χ0n) is 11.8. The lowest BCUT2D eigenvalue weighted by atomic mass is 10.1. The third-order valence-corrected chi connectivity index (χ3v) is 4.88. The van der Waals surface area contributed by atoms with Crippen LogP contribution in [0.4, 0.5) is 5.69 Å². The number of fused-ring (bicyclic) bond motifs is 1. The summed E-state index contributed by atoms with van der Waals surface area (Å²) in [5.41, 5.74) is 3.70. The van der Waals surface area contributed by atoms with Crippen LogP contribution in [0, 0.1) is 17.8 Å². The highest BCUT2D eigenvalue weighted by molar-refractivity contribution is 6.10. The van der Waals surface area contributed by atoms with Crippen LogP contribution in [0.25, 0.3) is 0 Å². The molecule has 0 amide bonds. The number of ether oxygens (including phenoxy) is 1. The van der Waals surface area contributed by atoms with Gasteiger partial charge in [0, 0.05) is 38.1 Å². The molecule has 3 nitrogen and oxygen atoms in total. The predicted octanol–water partition coefficient (Wildman–Crippen LogP) is 2.37. The molecule has 0 N–H and O–H groups in total. The first-order valence-corrected chi connectivity index (χ1v) is 7.42. The van der Waals surface area contributed by atoms with Crippen molar-refractivity contribution in [3.8, 4) is 0 Å². The highest BCUT2D eigenvalue weighted by atomic mass is 16.5. The number of methoxy groups -OCH3 is 1. The Hall–Kier alpha value is -1.61. The third kappa shape index (κ3) is 1.97. The molecule has 0 bridgehead atoms. The van der Waals surface area contributed by atoms with Crippen LogP contribution >= 0.6 is 0 Å². The second kappa shape index (κ2) is 4.74. The molecule has 0 aromatic heterocycles. The Morgan fingerprint density at radius 3 is 2.85 bits per heavy atom. The predicted molar refractivity (Wildman–Crippen MR) is 81.5 cm³/mol. The molecule has 1 aromatic carbocycles. The van der Waals surface area contributed by atoms with E-state index in [1.807, 2.05) is 7.11 Å². The Kier molecular flexibility index (Phi) is 2.88. The number of aliphatic imine (C=N–C) groups is 1. The first-order valence-electron chi connectivity index (χ1n) is 7.42. The average molecular weight is 268 g/mol. The minimum Gasteiger partial charge on any atom is -0.384 e. The number of hydrogen-bond acceptors (Lipinski definition) is 3. The minimum atomic E-state index is 0.807. The normalized spacial score (nSPS) is 30.6. The Balaban J connectivity index is 1.48. The van der Waals surface area contributed by atoms with Gasteiger partial charge in [-0.15, -0.1) is 0 Å². The van der Waals surface area contributed by atoms with Crippen LogP contribution in [0.2, 0.25) is 0 Å². The molecule has 2 heterocycles. The molecule has 2 aliphatic heterocycles. The molecule has 1 saturated carbocycles. The molecular weight excluding hydrogens is 248 g/mol. The van der Waals surface area contributed by atoms with Crippen LogP contribution in [0.15, 0.2) is 41.4 Å². The van der Waals surface area contributed by atoms with Gasteiger partial charge in [0.15, 0.2) is 0 Å². The molecule has 20 heavy (non-hydrogen) atoms. The van der Waals surface area contributed by atoms with E-state index in [4.69, 9.17) is 4.74 Å². The van der Waals surface area contributed by atoms with Crippen molar-refractivity contribution in [2.24, 2.45) is 22.7 Å². The van der Waals surface area contributed by atoms with Gasteiger partial charge in [-0.2, -0.15) is 0 Å². The largest absolute Gasteiger partial charge is 0.384 e. The number of nitrogens with zero attached hydrogens (tertiary/aromatic N) is 2. The number of allylic oxidation sites excluding steroid dienone is 1. The SMILES string of the molecule is COCC1C2CN(c3cccc(C4=NCC=C4)c3)CC12. The van der Waals surface area contributed by atoms with Crippen molar-refractivity contribution in [2.75, 3.05) is 38.3 Å². The third-order valence-electron chi connectivity index (χ3n) is 4.88. The highest BCUT2D eigenvalue weighted by Gasteiger charge is 2.55. The van der Waals surface area contributed by atoms with E-state index in [9.17, 15) is 0 Å². The lowest BCUT2D eigenvalue weighted by molar-refractivity contribution is 0.176. The van der Waals surface area contributed by atoms with Crippen molar-refractivity contribution < 1.29 is 4.74 Å². The van der Waals surface area contributed by atoms with E-state index >= 15 is 0 Å². The molecule has 3 heteroatoms. The second-order valence-electron chi connectivity index (χ2n) is 6.03. The van der Waals surface area contributed by atoms with Crippen LogP contribution < -0.4 is 4.90 Å². The van der Waals surface area contributed by atoms with Crippen molar-refractivity contribution in [3.63, 3.8) is 0 Å². The fourth-order valence-electron chi connectivity index (χ4n) is 3.72. The summed E-state index contributed by atoms with van der Waals surface area (Å²) >= 11 is 0. The lowest BCUT2D eigenvalue weighted by Gasteiger charge is -2.22. The van der Waals surface area contributed by atoms with Crippen LogP contribution in [0.1, 0.15) is 5.56 Å². The molecule has 2 unspecified atom stereocenters. The van der Waals surface area contributed by atoms with Crippen molar-refractivity contribution in [1.29, 1.82) is 0 Å². The number of piperidine rings is 1. The fourth-order valence-corrected chi connectivity index (χ4v) is 3.72. The van der Waals surface area contributed by atoms with E-state index in [0.29, 0.717) is 0 Å². The molecule has 0 spiro atoms. The van der Waals surface area contributed by atoms with Crippen molar-refractivity contribution in [3.05, 3.63) is 42.0 Å². The van der Waals surface area contributed by atoms with Gasteiger partial charge in [-0.1, -0.05) is 18.2 Å². The highest BCUT2D eigenvalue weighted by Crippen LogP contribution is 2.52. The Bertz CT molecular complexity index is 566. The molecule has 0 radical (unpaired) electrons. The number of hydrogen-bond donors (Lipinski definition) is 0. The maximum absolute atomic E-state index is 5.29. The zero-order valence-corrected chi connectivity index (χ0v) is 11.8. The molecule has 1 aromatic rings. The van der Waals surface area contributed by atoms with Crippen LogP contribution in [0.3, 0.4) is 0 Å². The maximum atomic E-state index is 5.29. The molecule has 2 fully saturated rings. The van der Waals surface area contributed by atoms with Gasteiger partial charge in [0.1, 0.15) is 0 Å². The van der Waals surface area contributed by atoms with Gasteiger partial charge in [-0.3, -0.25) is 4.99 Å². The summed E-state index contributed by atoms with van der Waals surface area (Å²) in [5, 5.41) is 0. The van der Waals surface area contributed by atoms with E-state index in [0.717, 1.165) is 36.6 Å². The summed E-state index contributed by atoms with van der Waals surface area (Å²) in [6.07, 6.45) is 4.23. The van der Waals surface area contributed by atoms with Gasteiger partial charge in [0.2, 0.25) is 0 Å². The molecule has 104 valence electrons. The zero-order chi connectivity index (χ0) is 13.5. The molecule has 1 aliphatic carbocycles. The van der Waals surface area contributed by atoms with Gasteiger partial charge >= 0.3 is 0 Å². The maximum Gasteiger partial charge on any atom is 0.0648 e. The Labute approximate surface area is 120 Å². The van der Waals surface area contributed by atoms with E-state index < -0.39 is 0 Å². The number of benzene rings is 1. The topological polar surface area (TPSA) is 24.8 Å². The monoisotopic (exact) mass is 268 g/mol. The fraction of sp³-hybridized carbons (Fsp3) is 0.471. The van der Waals surface area contributed by atoms with E-state index in [2.05, 4.69) is 46.3 Å². The van der Waals surface area contributed by atoms with E-state index in [1.54, 1.807) is 0 Å². The molecule has 2 atom stereocenters. The first-order chi connectivity index (χ1) is 9.86. The number of rotatable bonds is 4. The summed E-state index contributed by atoms with van der Waals surface area (Å²) in [5.74, 6) is 2.51. The molecule has 1 saturated heterocycles. The van der Waals surface area contributed by atoms with E-state index in [-0.39, 0.29) is 0 Å². The summed E-state index contributed by atoms with van der Waals surface area (Å²) in [6, 6.07) is 8.81. The summed E-state index contributed by atoms with van der Waals surface area (Å²) < 4.78 is 5.29. The van der Waals surface area contributed by atoms with Crippen LogP contribution in [0.5, 0.6) is 0 Å². The Morgan fingerprint density at radius 2 is 2.15 bits per heavy atom. The van der Waals surface area contributed by atoms with Crippen molar-refractivity contribution >= 4 is 11.4 Å². The average Bonchev–Trinajstić information content (AvgIpc) is 2.97. The Morgan fingerprint density at radius 1 is 1.30 bits per heavy atom. The van der Waals surface area contributed by atoms with Crippen LogP contribution in [-0.4, -0.2) is 39.1 Å². The quantitative estimate of drug-likeness (QED) is 0.837. The van der Waals surface area contributed by atoms with Crippen LogP contribution in [-0.2, 0) is 4.74 Å². The summed E-state index contributed by atoms with van der Waals surface area (Å²) in [4.78, 5) is 7.02. The lowest BCUT2D eigenvalue weighted by Crippen LogP contribution is -2.25. The van der Waals surface area contributed by atoms with Gasteiger partial charge in [-0.05, 0) is 36.0 Å². The standard InChI is InChI=1S/C17H20N2O/c1-20-11-16-14-9-19(10-15(14)16)13-5-2-4-12(8-13)17-6-3-7-18-17/h2-6,8,14-16H,7,9-11H2,1H3. The smallest absolute Gasteiger partial charge is 0.0648 e. The van der Waals surface area contributed by atoms with E-state index in [1.165, 1.54) is 24.3 Å². The molecule has 3 aliphatic rings. The summed E-state index contributed by atoms with van der Waals surface area (Å²) in [6.45, 7) is 4.13. The summed E-state index contributed by atoms with van der Waals surface area (Å²) in [7, 11) is 1.81. The van der Waals surface area contributed by atoms with Gasteiger partial charge in [-0.25, -0.2) is 0 Å². The van der Waals surface area contributed by atoms with Crippen molar-refractivity contribution in [1.82, 2.24) is 0 Å². The van der Waals surface area contributed by atoms with Gasteiger partial charge in [0.25, 0.3) is 0 Å².